The molecule has 0 aromatic heterocycles. The number of rotatable bonds is 6. The van der Waals surface area contributed by atoms with E-state index in [1.54, 1.807) is 49.5 Å². The second-order valence-electron chi connectivity index (χ2n) is 6.91. The molecule has 3 rings (SSSR count). The summed E-state index contributed by atoms with van der Waals surface area (Å²) in [6, 6.07) is 19.0. The molecule has 0 atom stereocenters. The van der Waals surface area contributed by atoms with Crippen molar-refractivity contribution in [2.75, 3.05) is 23.0 Å². The van der Waals surface area contributed by atoms with Gasteiger partial charge in [0.1, 0.15) is 0 Å². The second kappa shape index (κ2) is 9.05. The monoisotopic (exact) mass is 401 g/mol. The first-order valence-corrected chi connectivity index (χ1v) is 9.49. The van der Waals surface area contributed by atoms with Crippen LogP contribution in [0.2, 0.25) is 0 Å². The number of hydrogen-bond acceptors (Lipinski definition) is 4. The predicted molar refractivity (Wildman–Crippen MR) is 120 cm³/mol. The SMILES string of the molecule is CNc1cc(NC(=O)c2ccc(C(C)=O)cc2)cc(C(=O)Nc2ccccc2C)c1. The number of hydrogen-bond donors (Lipinski definition) is 3. The molecule has 2 amide bonds. The van der Waals surface area contributed by atoms with Gasteiger partial charge in [0.05, 0.1) is 0 Å². The molecule has 152 valence electrons. The number of anilines is 3. The Balaban J connectivity index is 1.81. The molecule has 3 N–H and O–H groups in total. The van der Waals surface area contributed by atoms with Gasteiger partial charge in [0.15, 0.2) is 5.78 Å². The van der Waals surface area contributed by atoms with Gasteiger partial charge in [-0.1, -0.05) is 30.3 Å². The Morgan fingerprint density at radius 2 is 1.30 bits per heavy atom. The van der Waals surface area contributed by atoms with Gasteiger partial charge < -0.3 is 16.0 Å². The van der Waals surface area contributed by atoms with Crippen LogP contribution < -0.4 is 16.0 Å². The molecular weight excluding hydrogens is 378 g/mol. The molecule has 0 aliphatic heterocycles. The van der Waals surface area contributed by atoms with Gasteiger partial charge in [-0.15, -0.1) is 0 Å². The maximum absolute atomic E-state index is 12.8. The number of ketones is 1. The summed E-state index contributed by atoms with van der Waals surface area (Å²) in [7, 11) is 1.74. The summed E-state index contributed by atoms with van der Waals surface area (Å²) in [6.07, 6.45) is 0. The van der Waals surface area contributed by atoms with Gasteiger partial charge in [-0.3, -0.25) is 14.4 Å². The molecule has 0 saturated heterocycles. The van der Waals surface area contributed by atoms with Gasteiger partial charge in [0.2, 0.25) is 0 Å². The molecule has 0 bridgehead atoms. The van der Waals surface area contributed by atoms with Crippen LogP contribution in [0.5, 0.6) is 0 Å². The van der Waals surface area contributed by atoms with E-state index < -0.39 is 0 Å². The highest BCUT2D eigenvalue weighted by molar-refractivity contribution is 6.08. The molecule has 3 aromatic carbocycles. The zero-order chi connectivity index (χ0) is 21.7. The molecule has 6 heteroatoms. The first-order chi connectivity index (χ1) is 14.4. The molecule has 0 aliphatic carbocycles. The van der Waals surface area contributed by atoms with Crippen LogP contribution in [0.25, 0.3) is 0 Å². The van der Waals surface area contributed by atoms with E-state index in [0.29, 0.717) is 28.1 Å². The third-order valence-electron chi connectivity index (χ3n) is 4.69. The van der Waals surface area contributed by atoms with Crippen molar-refractivity contribution in [1.29, 1.82) is 0 Å². The van der Waals surface area contributed by atoms with Crippen molar-refractivity contribution in [1.82, 2.24) is 0 Å². The largest absolute Gasteiger partial charge is 0.388 e. The number of aryl methyl sites for hydroxylation is 1. The van der Waals surface area contributed by atoms with Crippen molar-refractivity contribution in [3.05, 3.63) is 89.0 Å². The summed E-state index contributed by atoms with van der Waals surface area (Å²) in [4.78, 5) is 36.8. The van der Waals surface area contributed by atoms with Gasteiger partial charge in [-0.25, -0.2) is 0 Å². The second-order valence-corrected chi connectivity index (χ2v) is 6.91. The van der Waals surface area contributed by atoms with Gasteiger partial charge in [0.25, 0.3) is 11.8 Å². The third-order valence-corrected chi connectivity index (χ3v) is 4.69. The maximum atomic E-state index is 12.8. The molecule has 0 radical (unpaired) electrons. The normalized spacial score (nSPS) is 10.2. The maximum Gasteiger partial charge on any atom is 0.255 e. The molecular formula is C24H23N3O3. The number of carbonyl (C=O) groups is 3. The van der Waals surface area contributed by atoms with Crippen molar-refractivity contribution in [3.63, 3.8) is 0 Å². The average Bonchev–Trinajstić information content (AvgIpc) is 2.75. The number of benzene rings is 3. The molecule has 0 fully saturated rings. The average molecular weight is 401 g/mol. The smallest absolute Gasteiger partial charge is 0.255 e. The van der Waals surface area contributed by atoms with E-state index in [9.17, 15) is 14.4 Å². The molecule has 30 heavy (non-hydrogen) atoms. The van der Waals surface area contributed by atoms with E-state index in [0.717, 1.165) is 11.3 Å². The summed E-state index contributed by atoms with van der Waals surface area (Å²) in [5, 5.41) is 8.71. The summed E-state index contributed by atoms with van der Waals surface area (Å²) in [5.74, 6) is -0.667. The predicted octanol–water partition coefficient (Wildman–Crippen LogP) is 4.74. The van der Waals surface area contributed by atoms with Crippen molar-refractivity contribution in [2.24, 2.45) is 0 Å². The zero-order valence-corrected chi connectivity index (χ0v) is 17.1. The standard InChI is InChI=1S/C24H23N3O3/c1-15-6-4-5-7-22(15)27-24(30)19-12-20(25-3)14-21(13-19)26-23(29)18-10-8-17(9-11-18)16(2)28/h4-14,25H,1-3H3,(H,26,29)(H,27,30). The van der Waals surface area contributed by atoms with Crippen LogP contribution in [0.1, 0.15) is 43.6 Å². The first-order valence-electron chi connectivity index (χ1n) is 9.49. The highest BCUT2D eigenvalue weighted by Gasteiger charge is 2.13. The fourth-order valence-corrected chi connectivity index (χ4v) is 2.94. The van der Waals surface area contributed by atoms with Crippen molar-refractivity contribution in [3.8, 4) is 0 Å². The Kier molecular flexibility index (Phi) is 6.27. The lowest BCUT2D eigenvalue weighted by Gasteiger charge is -2.12. The Morgan fingerprint density at radius 1 is 0.700 bits per heavy atom. The highest BCUT2D eigenvalue weighted by atomic mass is 16.2. The minimum atomic E-state index is -0.330. The lowest BCUT2D eigenvalue weighted by molar-refractivity contribution is 0.100. The number of carbonyl (C=O) groups excluding carboxylic acids is 3. The Labute approximate surface area is 175 Å². The van der Waals surface area contributed by atoms with Crippen LogP contribution in [-0.2, 0) is 0 Å². The van der Waals surface area contributed by atoms with Crippen LogP contribution in [0.4, 0.5) is 17.1 Å². The van der Waals surface area contributed by atoms with E-state index in [4.69, 9.17) is 0 Å². The van der Waals surface area contributed by atoms with Crippen molar-refractivity contribution < 1.29 is 14.4 Å². The summed E-state index contributed by atoms with van der Waals surface area (Å²) < 4.78 is 0. The zero-order valence-electron chi connectivity index (χ0n) is 17.1. The van der Waals surface area contributed by atoms with Crippen molar-refractivity contribution >= 4 is 34.7 Å². The number of amides is 2. The van der Waals surface area contributed by atoms with Gasteiger partial charge >= 0.3 is 0 Å². The molecule has 0 aliphatic rings. The Morgan fingerprint density at radius 3 is 1.93 bits per heavy atom. The topological polar surface area (TPSA) is 87.3 Å². The summed E-state index contributed by atoms with van der Waals surface area (Å²) >= 11 is 0. The highest BCUT2D eigenvalue weighted by Crippen LogP contribution is 2.22. The fourth-order valence-electron chi connectivity index (χ4n) is 2.94. The van der Waals surface area contributed by atoms with E-state index in [1.165, 1.54) is 6.92 Å². The molecule has 3 aromatic rings. The third kappa shape index (κ3) is 4.91. The minimum absolute atomic E-state index is 0.0620. The van der Waals surface area contributed by atoms with Crippen LogP contribution in [0.15, 0.2) is 66.7 Å². The van der Waals surface area contributed by atoms with Crippen LogP contribution in [0, 0.1) is 6.92 Å². The van der Waals surface area contributed by atoms with Gasteiger partial charge in [0, 0.05) is 40.8 Å². The number of nitrogens with one attached hydrogen (secondary N) is 3. The van der Waals surface area contributed by atoms with E-state index in [1.807, 2.05) is 31.2 Å². The molecule has 6 nitrogen and oxygen atoms in total. The lowest BCUT2D eigenvalue weighted by Crippen LogP contribution is -2.16. The van der Waals surface area contributed by atoms with E-state index >= 15 is 0 Å². The van der Waals surface area contributed by atoms with Crippen LogP contribution >= 0.6 is 0 Å². The first kappa shape index (κ1) is 20.8. The Bertz CT molecular complexity index is 1100. The molecule has 0 heterocycles. The molecule has 0 saturated carbocycles. The Hall–Kier alpha value is -3.93. The van der Waals surface area contributed by atoms with E-state index in [-0.39, 0.29) is 17.6 Å². The fraction of sp³-hybridized carbons (Fsp3) is 0.125. The van der Waals surface area contributed by atoms with Gasteiger partial charge in [-0.2, -0.15) is 0 Å². The van der Waals surface area contributed by atoms with Crippen LogP contribution in [0.3, 0.4) is 0 Å². The molecule has 0 spiro atoms. The number of para-hydroxylation sites is 1. The molecule has 0 unspecified atom stereocenters. The quantitative estimate of drug-likeness (QED) is 0.521. The summed E-state index contributed by atoms with van der Waals surface area (Å²) in [6.45, 7) is 3.39. The lowest BCUT2D eigenvalue weighted by atomic mass is 10.1. The minimum Gasteiger partial charge on any atom is -0.388 e. The number of Topliss-reactive ketones (excluding diaryl/α,β-unsaturated/α-hetero) is 1. The van der Waals surface area contributed by atoms with Gasteiger partial charge in [-0.05, 0) is 55.8 Å². The summed E-state index contributed by atoms with van der Waals surface area (Å²) in [5.41, 5.74) is 4.23. The van der Waals surface area contributed by atoms with Crippen molar-refractivity contribution in [2.45, 2.75) is 13.8 Å². The van der Waals surface area contributed by atoms with Crippen LogP contribution in [-0.4, -0.2) is 24.6 Å². The van der Waals surface area contributed by atoms with E-state index in [2.05, 4.69) is 16.0 Å².